The van der Waals surface area contributed by atoms with Crippen LogP contribution in [0.2, 0.25) is 0 Å². The molecule has 0 amide bonds. The summed E-state index contributed by atoms with van der Waals surface area (Å²) in [6.07, 6.45) is -0.514. The van der Waals surface area contributed by atoms with Gasteiger partial charge in [0.05, 0.1) is 18.5 Å². The van der Waals surface area contributed by atoms with Crippen molar-refractivity contribution in [3.05, 3.63) is 0 Å². The molecule has 0 heterocycles. The third-order valence-corrected chi connectivity index (χ3v) is 0.223. The van der Waals surface area contributed by atoms with Crippen LogP contribution in [0.4, 0.5) is 0 Å². The first-order chi connectivity index (χ1) is 2.77. The summed E-state index contributed by atoms with van der Waals surface area (Å²) in [6.45, 7) is 0. The van der Waals surface area contributed by atoms with Crippen molar-refractivity contribution in [3.63, 3.8) is 0 Å². The van der Waals surface area contributed by atoms with Gasteiger partial charge in [-0.25, -0.2) is 0 Å². The number of rotatable bonds is 1. The second-order valence-corrected chi connectivity index (χ2v) is 0.707. The maximum Gasteiger partial charge on any atom is 1.00 e. The fourth-order valence-electron chi connectivity index (χ4n) is 0.0645. The molecule has 0 spiro atoms. The zero-order valence-electron chi connectivity index (χ0n) is 3.97. The standard InChI is InChI=1S/C3H3NO2.K/c4-2-1-3(5)6;/h1H2,(H,5,6);/q;+1/p-1. The van der Waals surface area contributed by atoms with E-state index in [9.17, 15) is 9.90 Å². The van der Waals surface area contributed by atoms with Crippen molar-refractivity contribution in [1.29, 1.82) is 5.26 Å². The van der Waals surface area contributed by atoms with Crippen LogP contribution in [0.5, 0.6) is 0 Å². The molecule has 32 valence electrons. The summed E-state index contributed by atoms with van der Waals surface area (Å²) in [5.74, 6) is -1.32. The number of carboxylic acids is 1. The van der Waals surface area contributed by atoms with Gasteiger partial charge in [-0.1, -0.05) is 0 Å². The van der Waals surface area contributed by atoms with E-state index in [0.717, 1.165) is 0 Å². The Morgan fingerprint density at radius 2 is 2.29 bits per heavy atom. The van der Waals surface area contributed by atoms with Crippen LogP contribution in [-0.2, 0) is 4.79 Å². The Kier molecular flexibility index (Phi) is 9.95. The number of carboxylic acid groups (broad SMARTS) is 1. The minimum Gasteiger partial charge on any atom is -0.549 e. The Bertz CT molecular complexity index is 95.6. The van der Waals surface area contributed by atoms with E-state index in [2.05, 4.69) is 0 Å². The van der Waals surface area contributed by atoms with Gasteiger partial charge in [0.25, 0.3) is 0 Å². The van der Waals surface area contributed by atoms with Crippen LogP contribution in [-0.4, -0.2) is 5.97 Å². The van der Waals surface area contributed by atoms with Gasteiger partial charge >= 0.3 is 51.4 Å². The number of hydrogen-bond donors (Lipinski definition) is 0. The van der Waals surface area contributed by atoms with E-state index in [1.54, 1.807) is 0 Å². The molecule has 0 saturated heterocycles. The summed E-state index contributed by atoms with van der Waals surface area (Å²) in [7, 11) is 0. The van der Waals surface area contributed by atoms with Crippen molar-refractivity contribution in [2.45, 2.75) is 6.42 Å². The first-order valence-corrected chi connectivity index (χ1v) is 1.34. The Hall–Kier alpha value is 0.596. The number of carbonyl (C=O) groups excluding carboxylic acids is 1. The molecule has 4 heteroatoms. The van der Waals surface area contributed by atoms with E-state index in [1.165, 1.54) is 6.07 Å². The largest absolute Gasteiger partial charge is 1.00 e. The minimum absolute atomic E-state index is 0. The van der Waals surface area contributed by atoms with Crippen LogP contribution >= 0.6 is 0 Å². The molecule has 7 heavy (non-hydrogen) atoms. The molecule has 3 nitrogen and oxygen atoms in total. The quantitative estimate of drug-likeness (QED) is 0.331. The van der Waals surface area contributed by atoms with Gasteiger partial charge in [0.2, 0.25) is 0 Å². The maximum absolute atomic E-state index is 9.27. The monoisotopic (exact) mass is 123 g/mol. The van der Waals surface area contributed by atoms with Gasteiger partial charge < -0.3 is 9.90 Å². The summed E-state index contributed by atoms with van der Waals surface area (Å²) < 4.78 is 0. The summed E-state index contributed by atoms with van der Waals surface area (Å²) in [4.78, 5) is 9.27. The summed E-state index contributed by atoms with van der Waals surface area (Å²) in [6, 6.07) is 1.41. The van der Waals surface area contributed by atoms with E-state index < -0.39 is 12.4 Å². The summed E-state index contributed by atoms with van der Waals surface area (Å²) in [5, 5.41) is 16.8. The molecule has 0 bridgehead atoms. The van der Waals surface area contributed by atoms with Crippen LogP contribution in [0.1, 0.15) is 6.42 Å². The first kappa shape index (κ1) is 10.6. The molecule has 0 rings (SSSR count). The van der Waals surface area contributed by atoms with Crippen LogP contribution in [0.3, 0.4) is 0 Å². The van der Waals surface area contributed by atoms with Gasteiger partial charge in [-0.05, 0) is 0 Å². The minimum atomic E-state index is -1.32. The zero-order valence-corrected chi connectivity index (χ0v) is 7.09. The normalized spacial score (nSPS) is 5.57. The number of nitriles is 1. The van der Waals surface area contributed by atoms with Gasteiger partial charge in [-0.2, -0.15) is 5.26 Å². The van der Waals surface area contributed by atoms with Crippen molar-refractivity contribution in [2.24, 2.45) is 0 Å². The first-order valence-electron chi connectivity index (χ1n) is 1.34. The average Bonchev–Trinajstić information content (AvgIpc) is 1.35. The molecule has 0 saturated carbocycles. The molecule has 0 aromatic heterocycles. The average molecular weight is 123 g/mol. The van der Waals surface area contributed by atoms with E-state index >= 15 is 0 Å². The fourth-order valence-corrected chi connectivity index (χ4v) is 0.0645. The smallest absolute Gasteiger partial charge is 0.549 e. The molecule has 0 aromatic rings. The maximum atomic E-state index is 9.27. The molecule has 0 N–H and O–H groups in total. The second-order valence-electron chi connectivity index (χ2n) is 0.707. The molecular weight excluding hydrogens is 121 g/mol. The molecule has 0 aliphatic heterocycles. The zero-order chi connectivity index (χ0) is 4.99. The Labute approximate surface area is 83.7 Å². The molecule has 0 aliphatic carbocycles. The van der Waals surface area contributed by atoms with Crippen LogP contribution in [0.25, 0.3) is 0 Å². The number of nitrogens with zero attached hydrogens (tertiary/aromatic N) is 1. The Morgan fingerprint density at radius 1 is 1.86 bits per heavy atom. The molecule has 0 unspecified atom stereocenters. The third kappa shape index (κ3) is 10.8. The SMILES string of the molecule is N#CCC(=O)[O-].[K+]. The molecule has 0 aromatic carbocycles. The molecule has 0 fully saturated rings. The van der Waals surface area contributed by atoms with E-state index in [0.29, 0.717) is 0 Å². The van der Waals surface area contributed by atoms with Gasteiger partial charge in [0.15, 0.2) is 0 Å². The van der Waals surface area contributed by atoms with Crippen molar-refractivity contribution < 1.29 is 61.3 Å². The van der Waals surface area contributed by atoms with Crippen LogP contribution in [0, 0.1) is 11.3 Å². The fraction of sp³-hybridized carbons (Fsp3) is 0.333. The van der Waals surface area contributed by atoms with Gasteiger partial charge in [0.1, 0.15) is 0 Å². The van der Waals surface area contributed by atoms with Gasteiger partial charge in [-0.3, -0.25) is 0 Å². The van der Waals surface area contributed by atoms with Gasteiger partial charge in [0, 0.05) is 0 Å². The van der Waals surface area contributed by atoms with Crippen LogP contribution < -0.4 is 56.5 Å². The molecule has 0 radical (unpaired) electrons. The predicted octanol–water partition coefficient (Wildman–Crippen LogP) is -4.35. The summed E-state index contributed by atoms with van der Waals surface area (Å²) >= 11 is 0. The van der Waals surface area contributed by atoms with E-state index in [-0.39, 0.29) is 51.4 Å². The second kappa shape index (κ2) is 6.60. The molecular formula is C3H2KNO2. The van der Waals surface area contributed by atoms with Crippen molar-refractivity contribution in [1.82, 2.24) is 0 Å². The van der Waals surface area contributed by atoms with Crippen molar-refractivity contribution in [3.8, 4) is 6.07 Å². The van der Waals surface area contributed by atoms with Crippen molar-refractivity contribution >= 4 is 5.97 Å². The van der Waals surface area contributed by atoms with E-state index in [4.69, 9.17) is 5.26 Å². The summed E-state index contributed by atoms with van der Waals surface area (Å²) in [5.41, 5.74) is 0. The third-order valence-electron chi connectivity index (χ3n) is 0.223. The number of hydrogen-bond acceptors (Lipinski definition) is 3. The van der Waals surface area contributed by atoms with Gasteiger partial charge in [-0.15, -0.1) is 0 Å². The molecule has 0 atom stereocenters. The topological polar surface area (TPSA) is 63.9 Å². The predicted molar refractivity (Wildman–Crippen MR) is 15.2 cm³/mol. The Morgan fingerprint density at radius 3 is 2.29 bits per heavy atom. The molecule has 0 aliphatic rings. The number of aliphatic carboxylic acids is 1. The van der Waals surface area contributed by atoms with E-state index in [1.807, 2.05) is 0 Å². The van der Waals surface area contributed by atoms with Crippen LogP contribution in [0.15, 0.2) is 0 Å². The number of carbonyl (C=O) groups is 1. The Balaban J connectivity index is 0. The van der Waals surface area contributed by atoms with Crippen molar-refractivity contribution in [2.75, 3.05) is 0 Å².